The van der Waals surface area contributed by atoms with Crippen LogP contribution in [0.25, 0.3) is 11.3 Å². The van der Waals surface area contributed by atoms with Crippen LogP contribution in [0, 0.1) is 0 Å². The second-order valence-corrected chi connectivity index (χ2v) is 3.88. The van der Waals surface area contributed by atoms with Gasteiger partial charge in [-0.1, -0.05) is 11.3 Å². The number of ether oxygens (including phenoxy) is 1. The summed E-state index contributed by atoms with van der Waals surface area (Å²) in [5.74, 6) is 0.585. The summed E-state index contributed by atoms with van der Waals surface area (Å²) < 4.78 is 5.30. The summed E-state index contributed by atoms with van der Waals surface area (Å²) in [6.45, 7) is 5.94. The Morgan fingerprint density at radius 3 is 3.06 bits per heavy atom. The zero-order valence-electron chi connectivity index (χ0n) is 9.25. The van der Waals surface area contributed by atoms with E-state index >= 15 is 0 Å². The Labute approximate surface area is 102 Å². The van der Waals surface area contributed by atoms with Crippen LogP contribution in [0.4, 0.5) is 11.8 Å². The van der Waals surface area contributed by atoms with Crippen molar-refractivity contribution >= 4 is 29.8 Å². The number of nitrogens with two attached hydrogens (primary N) is 1. The third-order valence-corrected chi connectivity index (χ3v) is 2.72. The molecule has 0 bridgehead atoms. The molecule has 0 aromatic carbocycles. The van der Waals surface area contributed by atoms with E-state index in [9.17, 15) is 0 Å². The lowest BCUT2D eigenvalue weighted by atomic mass is 10.2. The number of rotatable bonds is 4. The average Bonchev–Trinajstić information content (AvgIpc) is 2.78. The van der Waals surface area contributed by atoms with Gasteiger partial charge in [0.25, 0.3) is 5.19 Å². The second-order valence-electron chi connectivity index (χ2n) is 3.06. The summed E-state index contributed by atoms with van der Waals surface area (Å²) in [6.07, 6.45) is 1.58. The van der Waals surface area contributed by atoms with Crippen LogP contribution in [-0.2, 0) is 0 Å². The molecule has 0 fully saturated rings. The quantitative estimate of drug-likeness (QED) is 0.836. The fraction of sp³-hybridized carbons (Fsp3) is 0.200. The van der Waals surface area contributed by atoms with Crippen LogP contribution in [0.3, 0.4) is 0 Å². The largest absolute Gasteiger partial charge is 0.470 e. The van der Waals surface area contributed by atoms with Gasteiger partial charge in [0.2, 0.25) is 5.95 Å². The molecule has 2 N–H and O–H groups in total. The first-order chi connectivity index (χ1) is 8.24. The Bertz CT molecular complexity index is 539. The molecule has 88 valence electrons. The van der Waals surface area contributed by atoms with Crippen LogP contribution >= 0.6 is 11.3 Å². The van der Waals surface area contributed by atoms with E-state index in [1.807, 2.05) is 12.3 Å². The lowest BCUT2D eigenvalue weighted by Crippen LogP contribution is -1.95. The number of anilines is 1. The molecule has 2 heterocycles. The maximum Gasteiger partial charge on any atom is 0.273 e. The maximum absolute atomic E-state index is 5.48. The highest BCUT2D eigenvalue weighted by Crippen LogP contribution is 2.31. The highest BCUT2D eigenvalue weighted by atomic mass is 32.1. The molecule has 0 aliphatic carbocycles. The molecule has 0 saturated heterocycles. The van der Waals surface area contributed by atoms with Gasteiger partial charge < -0.3 is 10.5 Å². The molecule has 0 spiro atoms. The molecule has 0 aliphatic heterocycles. The van der Waals surface area contributed by atoms with Crippen LogP contribution in [0.5, 0.6) is 5.19 Å². The molecule has 0 unspecified atom stereocenters. The second kappa shape index (κ2) is 4.88. The Kier molecular flexibility index (Phi) is 3.29. The van der Waals surface area contributed by atoms with Gasteiger partial charge in [0.05, 0.1) is 17.9 Å². The van der Waals surface area contributed by atoms with Crippen molar-refractivity contribution in [1.29, 1.82) is 0 Å². The first kappa shape index (κ1) is 11.5. The van der Waals surface area contributed by atoms with Gasteiger partial charge in [0, 0.05) is 11.6 Å². The monoisotopic (exact) mass is 249 g/mol. The highest BCUT2D eigenvalue weighted by molar-refractivity contribution is 7.11. The third kappa shape index (κ3) is 2.39. The topological polar surface area (TPSA) is 86.3 Å². The van der Waals surface area contributed by atoms with E-state index in [2.05, 4.69) is 26.7 Å². The minimum absolute atomic E-state index is 0.163. The Balaban J connectivity index is 2.41. The predicted octanol–water partition coefficient (Wildman–Crippen LogP) is 1.91. The summed E-state index contributed by atoms with van der Waals surface area (Å²) in [6, 6.07) is 0. The maximum atomic E-state index is 5.48. The van der Waals surface area contributed by atoms with E-state index in [4.69, 9.17) is 10.5 Å². The molecule has 6 nitrogen and oxygen atoms in total. The van der Waals surface area contributed by atoms with Crippen molar-refractivity contribution in [3.63, 3.8) is 0 Å². The molecule has 0 atom stereocenters. The minimum Gasteiger partial charge on any atom is -0.470 e. The molecule has 2 aromatic rings. The first-order valence-corrected chi connectivity index (χ1v) is 5.80. The molecule has 2 aromatic heterocycles. The van der Waals surface area contributed by atoms with Gasteiger partial charge in [0.1, 0.15) is 0 Å². The zero-order valence-corrected chi connectivity index (χ0v) is 10.1. The van der Waals surface area contributed by atoms with Crippen molar-refractivity contribution in [3.8, 4) is 16.5 Å². The number of thiazole rings is 1. The van der Waals surface area contributed by atoms with Crippen molar-refractivity contribution in [1.82, 2.24) is 15.0 Å². The van der Waals surface area contributed by atoms with Crippen LogP contribution in [0.2, 0.25) is 0 Å². The summed E-state index contributed by atoms with van der Waals surface area (Å²) in [5, 5.41) is 2.46. The van der Waals surface area contributed by atoms with E-state index < -0.39 is 0 Å². The van der Waals surface area contributed by atoms with Gasteiger partial charge in [-0.2, -0.15) is 4.98 Å². The van der Waals surface area contributed by atoms with Crippen LogP contribution in [0.15, 0.2) is 16.6 Å². The lowest BCUT2D eigenvalue weighted by molar-refractivity contribution is 0.338. The molecule has 0 radical (unpaired) electrons. The van der Waals surface area contributed by atoms with Crippen molar-refractivity contribution in [2.45, 2.75) is 6.92 Å². The van der Waals surface area contributed by atoms with Crippen LogP contribution in [0.1, 0.15) is 6.92 Å². The van der Waals surface area contributed by atoms with Gasteiger partial charge in [-0.05, 0) is 13.6 Å². The number of hydrogen-bond donors (Lipinski definition) is 1. The summed E-state index contributed by atoms with van der Waals surface area (Å²) in [7, 11) is 0. The van der Waals surface area contributed by atoms with E-state index in [1.54, 1.807) is 6.20 Å². The average molecular weight is 249 g/mol. The smallest absolute Gasteiger partial charge is 0.273 e. The van der Waals surface area contributed by atoms with E-state index in [0.29, 0.717) is 28.9 Å². The van der Waals surface area contributed by atoms with Gasteiger partial charge in [-0.15, -0.1) is 0 Å². The number of aromatic nitrogens is 3. The van der Waals surface area contributed by atoms with Gasteiger partial charge in [-0.25, -0.2) is 15.0 Å². The third-order valence-electron chi connectivity index (χ3n) is 1.96. The van der Waals surface area contributed by atoms with Crippen molar-refractivity contribution in [3.05, 3.63) is 11.6 Å². The molecular weight excluding hydrogens is 238 g/mol. The van der Waals surface area contributed by atoms with Gasteiger partial charge in [-0.3, -0.25) is 0 Å². The Morgan fingerprint density at radius 1 is 1.53 bits per heavy atom. The summed E-state index contributed by atoms with van der Waals surface area (Å²) >= 11 is 1.41. The number of hydrogen-bond acceptors (Lipinski definition) is 7. The van der Waals surface area contributed by atoms with E-state index in [-0.39, 0.29) is 5.95 Å². The van der Waals surface area contributed by atoms with Crippen LogP contribution in [-0.4, -0.2) is 28.3 Å². The molecule has 0 saturated carbocycles. The van der Waals surface area contributed by atoms with E-state index in [0.717, 1.165) is 0 Å². The van der Waals surface area contributed by atoms with Crippen molar-refractivity contribution in [2.75, 3.05) is 12.3 Å². The molecular formula is C10H11N5OS. The van der Waals surface area contributed by atoms with Crippen LogP contribution < -0.4 is 10.5 Å². The predicted molar refractivity (Wildman–Crippen MR) is 67.9 cm³/mol. The van der Waals surface area contributed by atoms with Gasteiger partial charge in [0.15, 0.2) is 5.82 Å². The lowest BCUT2D eigenvalue weighted by Gasteiger charge is -2.01. The standard InChI is InChI=1S/C10H11N5OS/c1-3-16-10-14-7(5-17-10)6-4-13-9(11)15-8(6)12-2/h4-5H,2-3H2,1H3,(H2,11,13,15). The normalized spacial score (nSPS) is 10.2. The fourth-order valence-electron chi connectivity index (χ4n) is 1.26. The van der Waals surface area contributed by atoms with E-state index in [1.165, 1.54) is 11.3 Å². The number of aliphatic imine (C=N–C) groups is 1. The SMILES string of the molecule is C=Nc1nc(N)ncc1-c1csc(OCC)n1. The molecule has 7 heteroatoms. The number of nitrogens with zero attached hydrogens (tertiary/aromatic N) is 4. The molecule has 2 rings (SSSR count). The molecule has 17 heavy (non-hydrogen) atoms. The summed E-state index contributed by atoms with van der Waals surface area (Å²) in [5.41, 5.74) is 6.88. The van der Waals surface area contributed by atoms with Crippen molar-refractivity contribution < 1.29 is 4.74 Å². The number of nitrogen functional groups attached to an aromatic ring is 1. The Morgan fingerprint density at radius 2 is 2.35 bits per heavy atom. The zero-order chi connectivity index (χ0) is 12.3. The summed E-state index contributed by atoms with van der Waals surface area (Å²) in [4.78, 5) is 16.0. The molecule has 0 aliphatic rings. The Hall–Kier alpha value is -2.02. The van der Waals surface area contributed by atoms with Crippen molar-refractivity contribution in [2.24, 2.45) is 4.99 Å². The highest BCUT2D eigenvalue weighted by Gasteiger charge is 2.11. The van der Waals surface area contributed by atoms with Gasteiger partial charge >= 0.3 is 0 Å². The fourth-order valence-corrected chi connectivity index (χ4v) is 1.99. The molecule has 0 amide bonds. The first-order valence-electron chi connectivity index (χ1n) is 4.92. The minimum atomic E-state index is 0.163.